The summed E-state index contributed by atoms with van der Waals surface area (Å²) in [6, 6.07) is 22.4. The number of likely N-dealkylation sites (tertiary alicyclic amines) is 1. The summed E-state index contributed by atoms with van der Waals surface area (Å²) in [6.45, 7) is 7.13. The van der Waals surface area contributed by atoms with Crippen molar-refractivity contribution in [3.8, 4) is 0 Å². The van der Waals surface area contributed by atoms with Crippen LogP contribution >= 0.6 is 0 Å². The average Bonchev–Trinajstić information content (AvgIpc) is 2.58. The predicted octanol–water partition coefficient (Wildman–Crippen LogP) is 5.53. The quantitative estimate of drug-likeness (QED) is 0.701. The summed E-state index contributed by atoms with van der Waals surface area (Å²) in [7, 11) is 0. The molecule has 1 saturated heterocycles. The second-order valence-electron chi connectivity index (χ2n) is 7.33. The molecule has 0 atom stereocenters. The van der Waals surface area contributed by atoms with Gasteiger partial charge in [-0.05, 0) is 55.3 Å². The summed E-state index contributed by atoms with van der Waals surface area (Å²) in [4.78, 5) is 2.68. The van der Waals surface area contributed by atoms with E-state index >= 15 is 0 Å². The van der Waals surface area contributed by atoms with E-state index in [0.29, 0.717) is 6.04 Å². The Labute approximate surface area is 141 Å². The Bertz CT molecular complexity index is 528. The largest absolute Gasteiger partial charge is 0.292 e. The molecular formula is C22H29N. The van der Waals surface area contributed by atoms with Crippen LogP contribution in [0.5, 0.6) is 0 Å². The van der Waals surface area contributed by atoms with Crippen molar-refractivity contribution in [3.63, 3.8) is 0 Å². The number of rotatable bonds is 5. The molecule has 1 heterocycles. The third-order valence-electron chi connectivity index (χ3n) is 5.05. The summed E-state index contributed by atoms with van der Waals surface area (Å²) in [5.74, 6) is 1.74. The van der Waals surface area contributed by atoms with Crippen LogP contribution in [0.2, 0.25) is 0 Å². The first-order chi connectivity index (χ1) is 11.2. The highest BCUT2D eigenvalue weighted by molar-refractivity contribution is 5.31. The van der Waals surface area contributed by atoms with E-state index in [0.717, 1.165) is 11.8 Å². The zero-order chi connectivity index (χ0) is 16.1. The van der Waals surface area contributed by atoms with Crippen molar-refractivity contribution in [2.45, 2.75) is 39.2 Å². The molecular weight excluding hydrogens is 278 g/mol. The van der Waals surface area contributed by atoms with Crippen molar-refractivity contribution >= 4 is 0 Å². The lowest BCUT2D eigenvalue weighted by Crippen LogP contribution is -2.37. The van der Waals surface area contributed by atoms with Crippen molar-refractivity contribution in [2.75, 3.05) is 13.1 Å². The van der Waals surface area contributed by atoms with Gasteiger partial charge in [0, 0.05) is 0 Å². The monoisotopic (exact) mass is 307 g/mol. The molecule has 0 radical (unpaired) electrons. The van der Waals surface area contributed by atoms with Gasteiger partial charge in [-0.15, -0.1) is 0 Å². The van der Waals surface area contributed by atoms with Gasteiger partial charge in [0.15, 0.2) is 0 Å². The highest BCUT2D eigenvalue weighted by Crippen LogP contribution is 2.33. The first-order valence-corrected chi connectivity index (χ1v) is 9.08. The molecule has 0 bridgehead atoms. The molecule has 0 aromatic heterocycles. The van der Waals surface area contributed by atoms with Crippen molar-refractivity contribution < 1.29 is 0 Å². The first kappa shape index (κ1) is 16.3. The number of benzene rings is 2. The van der Waals surface area contributed by atoms with Crippen molar-refractivity contribution in [1.82, 2.24) is 4.90 Å². The van der Waals surface area contributed by atoms with Crippen LogP contribution in [0.1, 0.15) is 50.3 Å². The van der Waals surface area contributed by atoms with Crippen LogP contribution in [0, 0.1) is 11.8 Å². The number of hydrogen-bond acceptors (Lipinski definition) is 1. The lowest BCUT2D eigenvalue weighted by Gasteiger charge is -2.38. The minimum Gasteiger partial charge on any atom is -0.292 e. The van der Waals surface area contributed by atoms with Crippen molar-refractivity contribution in [3.05, 3.63) is 71.8 Å². The molecule has 1 heteroatoms. The van der Waals surface area contributed by atoms with E-state index in [1.165, 1.54) is 43.5 Å². The molecule has 1 nitrogen and oxygen atoms in total. The Balaban J connectivity index is 1.78. The van der Waals surface area contributed by atoms with Gasteiger partial charge in [-0.3, -0.25) is 4.90 Å². The van der Waals surface area contributed by atoms with Crippen LogP contribution < -0.4 is 0 Å². The fraction of sp³-hybridized carbons (Fsp3) is 0.455. The average molecular weight is 307 g/mol. The van der Waals surface area contributed by atoms with Gasteiger partial charge in [0.2, 0.25) is 0 Å². The zero-order valence-corrected chi connectivity index (χ0v) is 14.5. The van der Waals surface area contributed by atoms with Gasteiger partial charge in [-0.25, -0.2) is 0 Å². The zero-order valence-electron chi connectivity index (χ0n) is 14.5. The van der Waals surface area contributed by atoms with Gasteiger partial charge in [0.25, 0.3) is 0 Å². The molecule has 0 spiro atoms. The van der Waals surface area contributed by atoms with E-state index in [4.69, 9.17) is 0 Å². The SMILES string of the molecule is CC(C)CC1CCN(C(c2ccccc2)c2ccccc2)CC1. The molecule has 3 rings (SSSR count). The van der Waals surface area contributed by atoms with Gasteiger partial charge in [0.1, 0.15) is 0 Å². The van der Waals surface area contributed by atoms with Crippen LogP contribution in [0.3, 0.4) is 0 Å². The topological polar surface area (TPSA) is 3.24 Å². The molecule has 122 valence electrons. The van der Waals surface area contributed by atoms with E-state index in [9.17, 15) is 0 Å². The molecule has 1 aliphatic heterocycles. The minimum absolute atomic E-state index is 0.400. The summed E-state index contributed by atoms with van der Waals surface area (Å²) in [6.07, 6.45) is 4.07. The molecule has 1 fully saturated rings. The maximum atomic E-state index is 2.68. The third kappa shape index (κ3) is 4.23. The fourth-order valence-corrected chi connectivity index (χ4v) is 4.00. The molecule has 0 aliphatic carbocycles. The van der Waals surface area contributed by atoms with Crippen LogP contribution in [0.4, 0.5) is 0 Å². The third-order valence-corrected chi connectivity index (χ3v) is 5.05. The Hall–Kier alpha value is -1.60. The maximum absolute atomic E-state index is 2.68. The molecule has 2 aromatic rings. The van der Waals surface area contributed by atoms with Crippen LogP contribution in [-0.2, 0) is 0 Å². The fourth-order valence-electron chi connectivity index (χ4n) is 4.00. The van der Waals surface area contributed by atoms with Gasteiger partial charge >= 0.3 is 0 Å². The Morgan fingerprint density at radius 1 is 0.826 bits per heavy atom. The molecule has 0 saturated carbocycles. The summed E-state index contributed by atoms with van der Waals surface area (Å²) < 4.78 is 0. The predicted molar refractivity (Wildman–Crippen MR) is 98.5 cm³/mol. The van der Waals surface area contributed by atoms with Crippen LogP contribution in [0.25, 0.3) is 0 Å². The second-order valence-corrected chi connectivity index (χ2v) is 7.33. The smallest absolute Gasteiger partial charge is 0.0601 e. The van der Waals surface area contributed by atoms with Gasteiger partial charge < -0.3 is 0 Å². The van der Waals surface area contributed by atoms with Crippen molar-refractivity contribution in [2.24, 2.45) is 11.8 Å². The Morgan fingerprint density at radius 3 is 1.74 bits per heavy atom. The van der Waals surface area contributed by atoms with E-state index in [1.54, 1.807) is 0 Å². The first-order valence-electron chi connectivity index (χ1n) is 9.08. The highest BCUT2D eigenvalue weighted by atomic mass is 15.2. The standard InChI is InChI=1S/C22H29N/c1-18(2)17-19-13-15-23(16-14-19)22(20-9-5-3-6-10-20)21-11-7-4-8-12-21/h3-12,18-19,22H,13-17H2,1-2H3. The molecule has 23 heavy (non-hydrogen) atoms. The van der Waals surface area contributed by atoms with Gasteiger partial charge in [-0.2, -0.15) is 0 Å². The molecule has 0 amide bonds. The molecule has 1 aliphatic rings. The highest BCUT2D eigenvalue weighted by Gasteiger charge is 2.27. The van der Waals surface area contributed by atoms with E-state index in [1.807, 2.05) is 0 Å². The van der Waals surface area contributed by atoms with Crippen LogP contribution in [0.15, 0.2) is 60.7 Å². The Morgan fingerprint density at radius 2 is 1.30 bits per heavy atom. The summed E-state index contributed by atoms with van der Waals surface area (Å²) in [5.41, 5.74) is 2.84. The van der Waals surface area contributed by atoms with Gasteiger partial charge in [-0.1, -0.05) is 74.5 Å². The van der Waals surface area contributed by atoms with Gasteiger partial charge in [0.05, 0.1) is 6.04 Å². The minimum atomic E-state index is 0.400. The van der Waals surface area contributed by atoms with E-state index in [2.05, 4.69) is 79.4 Å². The molecule has 0 N–H and O–H groups in total. The summed E-state index contributed by atoms with van der Waals surface area (Å²) in [5, 5.41) is 0. The maximum Gasteiger partial charge on any atom is 0.0601 e. The summed E-state index contributed by atoms with van der Waals surface area (Å²) >= 11 is 0. The normalized spacial score (nSPS) is 17.0. The molecule has 0 unspecified atom stereocenters. The number of piperidine rings is 1. The lowest BCUT2D eigenvalue weighted by molar-refractivity contribution is 0.141. The molecule has 2 aromatic carbocycles. The number of hydrogen-bond donors (Lipinski definition) is 0. The van der Waals surface area contributed by atoms with Crippen molar-refractivity contribution in [1.29, 1.82) is 0 Å². The van der Waals surface area contributed by atoms with Crippen LogP contribution in [-0.4, -0.2) is 18.0 Å². The van der Waals surface area contributed by atoms with E-state index in [-0.39, 0.29) is 0 Å². The number of nitrogens with zero attached hydrogens (tertiary/aromatic N) is 1. The van der Waals surface area contributed by atoms with E-state index < -0.39 is 0 Å². The second kappa shape index (κ2) is 7.79. The lowest BCUT2D eigenvalue weighted by atomic mass is 9.86. The Kier molecular flexibility index (Phi) is 5.51.